The number of hydrogen-bond donors (Lipinski definition) is 1. The van der Waals surface area contributed by atoms with Crippen molar-refractivity contribution in [2.75, 3.05) is 27.8 Å². The molecule has 3 unspecified atom stereocenters. The molecule has 1 aliphatic rings. The lowest BCUT2D eigenvalue weighted by Gasteiger charge is -2.39. The summed E-state index contributed by atoms with van der Waals surface area (Å²) in [6.07, 6.45) is 2.24. The SMILES string of the molecule is CC[C@H](C)[C@@H]([C@@H](CC(=O)N1CCCC1C(OC)C(C)C(N)=O)OC)N(C)C(=O)CC(C)C. The average molecular weight is 456 g/mol. The molecule has 1 rings (SSSR count). The number of methoxy groups -OCH3 is 2. The standard InChI is InChI=1S/C24H45N3O5/c1-9-16(4)22(26(6)20(28)13-15(2)3)19(31-7)14-21(29)27-12-10-11-18(27)23(32-8)17(5)24(25)30/h15-19,22-23H,9-14H2,1-8H3,(H2,25,30)/t16-,17?,18?,19+,22-,23?/m0/s1. The molecule has 0 aromatic rings. The Bertz CT molecular complexity index is 627. The summed E-state index contributed by atoms with van der Waals surface area (Å²) >= 11 is 0. The topological polar surface area (TPSA) is 102 Å². The van der Waals surface area contributed by atoms with Crippen molar-refractivity contribution in [2.45, 2.75) is 91.0 Å². The minimum absolute atomic E-state index is 0.0453. The smallest absolute Gasteiger partial charge is 0.225 e. The van der Waals surface area contributed by atoms with Crippen LogP contribution in [0.3, 0.4) is 0 Å². The van der Waals surface area contributed by atoms with Gasteiger partial charge in [-0.1, -0.05) is 41.0 Å². The van der Waals surface area contributed by atoms with Crippen LogP contribution < -0.4 is 5.73 Å². The number of likely N-dealkylation sites (N-methyl/N-ethyl adjacent to an activating group) is 1. The average Bonchev–Trinajstić information content (AvgIpc) is 3.22. The molecule has 0 bridgehead atoms. The van der Waals surface area contributed by atoms with Gasteiger partial charge in [-0.05, 0) is 24.7 Å². The molecular weight excluding hydrogens is 410 g/mol. The van der Waals surface area contributed by atoms with Crippen LogP contribution in [0.1, 0.15) is 66.7 Å². The molecule has 1 fully saturated rings. The summed E-state index contributed by atoms with van der Waals surface area (Å²) in [5.74, 6) is -0.486. The van der Waals surface area contributed by atoms with Gasteiger partial charge in [0.15, 0.2) is 0 Å². The maximum absolute atomic E-state index is 13.4. The minimum atomic E-state index is -0.496. The fraction of sp³-hybridized carbons (Fsp3) is 0.875. The molecule has 8 heteroatoms. The highest BCUT2D eigenvalue weighted by atomic mass is 16.5. The van der Waals surface area contributed by atoms with Crippen LogP contribution in [0.4, 0.5) is 0 Å². The second-order valence-corrected chi connectivity index (χ2v) is 9.65. The summed E-state index contributed by atoms with van der Waals surface area (Å²) < 4.78 is 11.4. The first-order valence-corrected chi connectivity index (χ1v) is 11.9. The Kier molecular flexibility index (Phi) is 11.6. The molecule has 8 nitrogen and oxygen atoms in total. The summed E-state index contributed by atoms with van der Waals surface area (Å²) in [6.45, 7) is 10.6. The van der Waals surface area contributed by atoms with E-state index in [2.05, 4.69) is 13.8 Å². The van der Waals surface area contributed by atoms with Crippen molar-refractivity contribution < 1.29 is 23.9 Å². The summed E-state index contributed by atoms with van der Waals surface area (Å²) in [5, 5.41) is 0. The summed E-state index contributed by atoms with van der Waals surface area (Å²) in [4.78, 5) is 41.5. The van der Waals surface area contributed by atoms with E-state index in [9.17, 15) is 14.4 Å². The van der Waals surface area contributed by atoms with E-state index in [1.165, 1.54) is 0 Å². The van der Waals surface area contributed by atoms with Gasteiger partial charge in [0, 0.05) is 34.2 Å². The number of carbonyl (C=O) groups is 3. The first-order valence-electron chi connectivity index (χ1n) is 11.9. The van der Waals surface area contributed by atoms with Crippen LogP contribution in [0.2, 0.25) is 0 Å². The van der Waals surface area contributed by atoms with Crippen molar-refractivity contribution >= 4 is 17.7 Å². The van der Waals surface area contributed by atoms with E-state index in [0.717, 1.165) is 19.3 Å². The van der Waals surface area contributed by atoms with Crippen LogP contribution in [-0.4, -0.2) is 79.6 Å². The number of nitrogens with two attached hydrogens (primary N) is 1. The Morgan fingerprint density at radius 2 is 1.72 bits per heavy atom. The van der Waals surface area contributed by atoms with Gasteiger partial charge < -0.3 is 25.0 Å². The molecule has 1 saturated heterocycles. The molecular formula is C24H45N3O5. The predicted molar refractivity (Wildman–Crippen MR) is 125 cm³/mol. The van der Waals surface area contributed by atoms with Crippen molar-refractivity contribution in [1.82, 2.24) is 9.80 Å². The third kappa shape index (κ3) is 7.17. The van der Waals surface area contributed by atoms with E-state index < -0.39 is 24.0 Å². The van der Waals surface area contributed by atoms with Crippen molar-refractivity contribution in [1.29, 1.82) is 0 Å². The highest BCUT2D eigenvalue weighted by Gasteiger charge is 2.41. The van der Waals surface area contributed by atoms with E-state index in [1.807, 2.05) is 25.8 Å². The van der Waals surface area contributed by atoms with Crippen LogP contribution in [0.5, 0.6) is 0 Å². The Hall–Kier alpha value is -1.67. The fourth-order valence-corrected chi connectivity index (χ4v) is 4.83. The van der Waals surface area contributed by atoms with Gasteiger partial charge in [-0.15, -0.1) is 0 Å². The van der Waals surface area contributed by atoms with E-state index in [1.54, 1.807) is 26.0 Å². The molecule has 2 N–H and O–H groups in total. The molecule has 0 saturated carbocycles. The lowest BCUT2D eigenvalue weighted by Crippen LogP contribution is -2.53. The number of carbonyl (C=O) groups excluding carboxylic acids is 3. The lowest BCUT2D eigenvalue weighted by atomic mass is 9.90. The first-order chi connectivity index (χ1) is 15.0. The van der Waals surface area contributed by atoms with Gasteiger partial charge in [0.2, 0.25) is 17.7 Å². The molecule has 0 aromatic heterocycles. The van der Waals surface area contributed by atoms with Gasteiger partial charge in [-0.25, -0.2) is 0 Å². The predicted octanol–water partition coefficient (Wildman–Crippen LogP) is 2.44. The number of hydrogen-bond acceptors (Lipinski definition) is 5. The number of ether oxygens (including phenoxy) is 2. The Balaban J connectivity index is 3.06. The quantitative estimate of drug-likeness (QED) is 0.460. The maximum Gasteiger partial charge on any atom is 0.225 e. The molecule has 0 radical (unpaired) electrons. The fourth-order valence-electron chi connectivity index (χ4n) is 4.83. The number of amides is 3. The molecule has 6 atom stereocenters. The normalized spacial score (nSPS) is 21.2. The molecule has 0 aliphatic carbocycles. The zero-order valence-electron chi connectivity index (χ0n) is 21.3. The lowest BCUT2D eigenvalue weighted by molar-refractivity contribution is -0.145. The Morgan fingerprint density at radius 1 is 1.09 bits per heavy atom. The molecule has 32 heavy (non-hydrogen) atoms. The van der Waals surface area contributed by atoms with Gasteiger partial charge in [0.1, 0.15) is 0 Å². The third-order valence-electron chi connectivity index (χ3n) is 6.92. The second-order valence-electron chi connectivity index (χ2n) is 9.65. The zero-order valence-corrected chi connectivity index (χ0v) is 21.3. The van der Waals surface area contributed by atoms with E-state index >= 15 is 0 Å². The second kappa shape index (κ2) is 13.1. The highest BCUT2D eigenvalue weighted by molar-refractivity contribution is 5.79. The number of nitrogens with zero attached hydrogens (tertiary/aromatic N) is 2. The van der Waals surface area contributed by atoms with Crippen LogP contribution in [0, 0.1) is 17.8 Å². The van der Waals surface area contributed by atoms with Crippen LogP contribution in [0.25, 0.3) is 0 Å². The molecule has 1 heterocycles. The summed E-state index contributed by atoms with van der Waals surface area (Å²) in [6, 6.07) is -0.404. The van der Waals surface area contributed by atoms with Crippen molar-refractivity contribution in [3.8, 4) is 0 Å². The molecule has 1 aliphatic heterocycles. The number of rotatable bonds is 13. The van der Waals surface area contributed by atoms with Crippen molar-refractivity contribution in [3.05, 3.63) is 0 Å². The third-order valence-corrected chi connectivity index (χ3v) is 6.92. The largest absolute Gasteiger partial charge is 0.379 e. The molecule has 186 valence electrons. The van der Waals surface area contributed by atoms with Crippen LogP contribution in [-0.2, 0) is 23.9 Å². The van der Waals surface area contributed by atoms with Crippen LogP contribution in [0.15, 0.2) is 0 Å². The van der Waals surface area contributed by atoms with E-state index in [-0.39, 0.29) is 42.2 Å². The molecule has 0 aromatic carbocycles. The van der Waals surface area contributed by atoms with Gasteiger partial charge in [-0.3, -0.25) is 14.4 Å². The van der Waals surface area contributed by atoms with Crippen LogP contribution >= 0.6 is 0 Å². The van der Waals surface area contributed by atoms with E-state index in [0.29, 0.717) is 13.0 Å². The monoisotopic (exact) mass is 455 g/mol. The highest BCUT2D eigenvalue weighted by Crippen LogP contribution is 2.29. The molecule has 3 amide bonds. The minimum Gasteiger partial charge on any atom is -0.379 e. The summed E-state index contributed by atoms with van der Waals surface area (Å²) in [7, 11) is 4.96. The van der Waals surface area contributed by atoms with Gasteiger partial charge in [0.25, 0.3) is 0 Å². The summed E-state index contributed by atoms with van der Waals surface area (Å²) in [5.41, 5.74) is 5.51. The number of primary amides is 1. The van der Waals surface area contributed by atoms with Gasteiger partial charge >= 0.3 is 0 Å². The van der Waals surface area contributed by atoms with Gasteiger partial charge in [0.05, 0.1) is 36.6 Å². The van der Waals surface area contributed by atoms with Crippen molar-refractivity contribution in [3.63, 3.8) is 0 Å². The van der Waals surface area contributed by atoms with Crippen molar-refractivity contribution in [2.24, 2.45) is 23.5 Å². The first kappa shape index (κ1) is 28.4. The van der Waals surface area contributed by atoms with E-state index in [4.69, 9.17) is 15.2 Å². The zero-order chi connectivity index (χ0) is 24.6. The molecule has 0 spiro atoms. The Labute approximate surface area is 194 Å². The Morgan fingerprint density at radius 3 is 2.19 bits per heavy atom. The number of likely N-dealkylation sites (tertiary alicyclic amines) is 1. The van der Waals surface area contributed by atoms with Gasteiger partial charge in [-0.2, -0.15) is 0 Å². The maximum atomic E-state index is 13.4.